The quantitative estimate of drug-likeness (QED) is 0.630. The van der Waals surface area contributed by atoms with Crippen molar-refractivity contribution in [3.05, 3.63) is 30.6 Å². The third-order valence-electron chi connectivity index (χ3n) is 4.71. The van der Waals surface area contributed by atoms with Crippen LogP contribution in [0, 0.1) is 0 Å². The maximum Gasteiger partial charge on any atom is 0.433 e. The Morgan fingerprint density at radius 1 is 1.03 bits per heavy atom. The number of nitrogens with zero attached hydrogens (tertiary/aromatic N) is 8. The van der Waals surface area contributed by atoms with Crippen LogP contribution >= 0.6 is 0 Å². The Hall–Kier alpha value is -3.02. The zero-order valence-corrected chi connectivity index (χ0v) is 15.7. The van der Waals surface area contributed by atoms with Crippen LogP contribution < -0.4 is 9.80 Å². The van der Waals surface area contributed by atoms with Crippen LogP contribution in [-0.4, -0.2) is 69.4 Å². The van der Waals surface area contributed by atoms with E-state index in [1.807, 2.05) is 9.47 Å². The maximum atomic E-state index is 12.9. The highest BCUT2D eigenvalue weighted by molar-refractivity contribution is 5.83. The topological polar surface area (TPSA) is 85.1 Å². The van der Waals surface area contributed by atoms with Crippen molar-refractivity contribution in [2.45, 2.75) is 12.7 Å². The predicted molar refractivity (Wildman–Crippen MR) is 98.7 cm³/mol. The predicted octanol–water partition coefficient (Wildman–Crippen LogP) is 1.61. The number of alkyl halides is 3. The molecule has 0 saturated carbocycles. The molecule has 1 fully saturated rings. The maximum absolute atomic E-state index is 12.9. The third kappa shape index (κ3) is 3.92. The minimum atomic E-state index is -4.49. The molecule has 4 heterocycles. The van der Waals surface area contributed by atoms with Crippen LogP contribution in [0.4, 0.5) is 24.9 Å². The van der Waals surface area contributed by atoms with E-state index in [-0.39, 0.29) is 5.95 Å². The monoisotopic (exact) mass is 408 g/mol. The van der Waals surface area contributed by atoms with E-state index in [1.54, 1.807) is 18.3 Å². The number of hydrogen-bond acceptors (Lipinski definition) is 8. The number of imidazole rings is 1. The first kappa shape index (κ1) is 19.3. The number of ether oxygens (including phenoxy) is 1. The van der Waals surface area contributed by atoms with Gasteiger partial charge in [0.2, 0.25) is 5.95 Å². The largest absolute Gasteiger partial charge is 0.433 e. The fourth-order valence-corrected chi connectivity index (χ4v) is 3.23. The minimum Gasteiger partial charge on any atom is -0.383 e. The number of hydrogen-bond donors (Lipinski definition) is 0. The highest BCUT2D eigenvalue weighted by Crippen LogP contribution is 2.29. The normalized spacial score (nSPS) is 15.3. The molecule has 0 unspecified atom stereocenters. The van der Waals surface area contributed by atoms with Crippen LogP contribution in [-0.2, 0) is 17.5 Å². The zero-order valence-electron chi connectivity index (χ0n) is 15.7. The first-order valence-electron chi connectivity index (χ1n) is 9.02. The zero-order chi connectivity index (χ0) is 20.4. The van der Waals surface area contributed by atoms with E-state index in [2.05, 4.69) is 24.9 Å². The molecule has 9 nitrogen and oxygen atoms in total. The summed E-state index contributed by atoms with van der Waals surface area (Å²) in [5.74, 6) is 0.784. The molecule has 1 aliphatic rings. The summed E-state index contributed by atoms with van der Waals surface area (Å²) in [6.07, 6.45) is -0.161. The number of aromatic nitrogens is 6. The van der Waals surface area contributed by atoms with Crippen molar-refractivity contribution in [1.29, 1.82) is 0 Å². The molecule has 0 atom stereocenters. The summed E-state index contributed by atoms with van der Waals surface area (Å²) in [4.78, 5) is 24.6. The van der Waals surface area contributed by atoms with Crippen molar-refractivity contribution < 1.29 is 17.9 Å². The van der Waals surface area contributed by atoms with Gasteiger partial charge >= 0.3 is 6.18 Å². The number of anilines is 2. The van der Waals surface area contributed by atoms with Crippen LogP contribution in [0.2, 0.25) is 0 Å². The standard InChI is InChI=1S/C17H19F3N8O/c1-29-9-8-28-11-24-13-14(22-10-23-15(13)28)26-4-6-27(7-5-26)16-21-3-2-12(25-16)17(18,19)20/h2-3,10-11H,4-9H2,1H3. The molecule has 0 aliphatic carbocycles. The minimum absolute atomic E-state index is 0.0798. The second kappa shape index (κ2) is 7.78. The molecule has 0 amide bonds. The lowest BCUT2D eigenvalue weighted by molar-refractivity contribution is -0.141. The van der Waals surface area contributed by atoms with Gasteiger partial charge in [0, 0.05) is 46.0 Å². The smallest absolute Gasteiger partial charge is 0.383 e. The third-order valence-corrected chi connectivity index (χ3v) is 4.71. The molecule has 1 saturated heterocycles. The summed E-state index contributed by atoms with van der Waals surface area (Å²) in [6.45, 7) is 3.21. The lowest BCUT2D eigenvalue weighted by atomic mass is 10.3. The average molecular weight is 408 g/mol. The van der Waals surface area contributed by atoms with Crippen molar-refractivity contribution in [2.24, 2.45) is 0 Å². The average Bonchev–Trinajstić information content (AvgIpc) is 3.15. The summed E-state index contributed by atoms with van der Waals surface area (Å²) in [7, 11) is 1.63. The van der Waals surface area contributed by atoms with Gasteiger partial charge in [0.1, 0.15) is 12.0 Å². The molecule has 0 N–H and O–H groups in total. The van der Waals surface area contributed by atoms with Crippen molar-refractivity contribution >= 4 is 22.9 Å². The molecular weight excluding hydrogens is 389 g/mol. The van der Waals surface area contributed by atoms with Gasteiger partial charge in [-0.1, -0.05) is 0 Å². The summed E-state index contributed by atoms with van der Waals surface area (Å²) in [6, 6.07) is 0.872. The van der Waals surface area contributed by atoms with E-state index in [9.17, 15) is 13.2 Å². The lowest BCUT2D eigenvalue weighted by Gasteiger charge is -2.35. The number of fused-ring (bicyclic) bond motifs is 1. The molecule has 3 aromatic rings. The fourth-order valence-electron chi connectivity index (χ4n) is 3.23. The first-order chi connectivity index (χ1) is 14.0. The van der Waals surface area contributed by atoms with Gasteiger partial charge in [-0.15, -0.1) is 0 Å². The van der Waals surface area contributed by atoms with E-state index >= 15 is 0 Å². The molecule has 0 aromatic carbocycles. The summed E-state index contributed by atoms with van der Waals surface area (Å²) < 4.78 is 45.7. The summed E-state index contributed by atoms with van der Waals surface area (Å²) in [5.41, 5.74) is 0.465. The van der Waals surface area contributed by atoms with Gasteiger partial charge in [-0.05, 0) is 6.07 Å². The van der Waals surface area contributed by atoms with Crippen LogP contribution in [0.3, 0.4) is 0 Å². The van der Waals surface area contributed by atoms with Gasteiger partial charge in [-0.25, -0.2) is 24.9 Å². The summed E-state index contributed by atoms with van der Waals surface area (Å²) in [5, 5.41) is 0. The van der Waals surface area contributed by atoms with Crippen LogP contribution in [0.1, 0.15) is 5.69 Å². The van der Waals surface area contributed by atoms with Crippen LogP contribution in [0.25, 0.3) is 11.2 Å². The van der Waals surface area contributed by atoms with Crippen molar-refractivity contribution in [3.8, 4) is 0 Å². The molecule has 4 rings (SSSR count). The summed E-state index contributed by atoms with van der Waals surface area (Å²) >= 11 is 0. The Morgan fingerprint density at radius 3 is 2.52 bits per heavy atom. The molecule has 29 heavy (non-hydrogen) atoms. The molecule has 0 radical (unpaired) electrons. The van der Waals surface area contributed by atoms with E-state index in [1.165, 1.54) is 6.33 Å². The Balaban J connectivity index is 1.50. The number of piperazine rings is 1. The van der Waals surface area contributed by atoms with E-state index in [0.29, 0.717) is 50.7 Å². The van der Waals surface area contributed by atoms with Crippen LogP contribution in [0.5, 0.6) is 0 Å². The number of rotatable bonds is 5. The van der Waals surface area contributed by atoms with Gasteiger partial charge in [0.25, 0.3) is 0 Å². The molecule has 0 bridgehead atoms. The number of methoxy groups -OCH3 is 1. The number of halogens is 3. The van der Waals surface area contributed by atoms with Crippen molar-refractivity contribution in [3.63, 3.8) is 0 Å². The lowest BCUT2D eigenvalue weighted by Crippen LogP contribution is -2.47. The van der Waals surface area contributed by atoms with E-state index in [4.69, 9.17) is 4.74 Å². The Labute approximate surface area is 164 Å². The Kier molecular flexibility index (Phi) is 5.18. The SMILES string of the molecule is COCCn1cnc2c(N3CCN(c4nccc(C(F)(F)F)n4)CC3)ncnc21. The highest BCUT2D eigenvalue weighted by Gasteiger charge is 2.33. The van der Waals surface area contributed by atoms with Gasteiger partial charge in [-0.2, -0.15) is 13.2 Å². The van der Waals surface area contributed by atoms with Crippen LogP contribution in [0.15, 0.2) is 24.9 Å². The van der Waals surface area contributed by atoms with E-state index in [0.717, 1.165) is 17.9 Å². The van der Waals surface area contributed by atoms with Gasteiger partial charge in [0.05, 0.1) is 12.9 Å². The second-order valence-corrected chi connectivity index (χ2v) is 6.51. The first-order valence-corrected chi connectivity index (χ1v) is 9.02. The highest BCUT2D eigenvalue weighted by atomic mass is 19.4. The van der Waals surface area contributed by atoms with Gasteiger partial charge in [-0.3, -0.25) is 0 Å². The second-order valence-electron chi connectivity index (χ2n) is 6.51. The van der Waals surface area contributed by atoms with Gasteiger partial charge < -0.3 is 19.1 Å². The molecule has 3 aromatic heterocycles. The molecule has 12 heteroatoms. The molecule has 0 spiro atoms. The van der Waals surface area contributed by atoms with Crippen molar-refractivity contribution in [1.82, 2.24) is 29.5 Å². The van der Waals surface area contributed by atoms with Gasteiger partial charge in [0.15, 0.2) is 17.0 Å². The molecular formula is C17H19F3N8O. The molecule has 1 aliphatic heterocycles. The fraction of sp³-hybridized carbons (Fsp3) is 0.471. The molecule has 154 valence electrons. The van der Waals surface area contributed by atoms with Crippen molar-refractivity contribution in [2.75, 3.05) is 49.7 Å². The van der Waals surface area contributed by atoms with E-state index < -0.39 is 11.9 Å². The Bertz CT molecular complexity index is 984. The Morgan fingerprint density at radius 2 is 1.79 bits per heavy atom.